The van der Waals surface area contributed by atoms with Crippen molar-refractivity contribution in [2.45, 2.75) is 6.54 Å². The maximum absolute atomic E-state index is 13.5. The van der Waals surface area contributed by atoms with E-state index in [2.05, 4.69) is 5.32 Å². The average molecular weight is 272 g/mol. The van der Waals surface area contributed by atoms with Gasteiger partial charge in [-0.3, -0.25) is 0 Å². The van der Waals surface area contributed by atoms with Gasteiger partial charge in [-0.25, -0.2) is 13.2 Å². The highest BCUT2D eigenvalue weighted by Gasteiger charge is 2.09. The number of halogens is 4. The summed E-state index contributed by atoms with van der Waals surface area (Å²) < 4.78 is 39.8. The molecular formula is C13H9ClF3N. The highest BCUT2D eigenvalue weighted by molar-refractivity contribution is 6.31. The summed E-state index contributed by atoms with van der Waals surface area (Å²) in [5.41, 5.74) is 0.264. The number of nitrogens with one attached hydrogen (secondary N) is 1. The van der Waals surface area contributed by atoms with Gasteiger partial charge in [0.05, 0.1) is 10.7 Å². The molecule has 0 amide bonds. The van der Waals surface area contributed by atoms with E-state index in [0.29, 0.717) is 0 Å². The summed E-state index contributed by atoms with van der Waals surface area (Å²) in [6, 6.07) is 8.29. The molecule has 0 saturated carbocycles. The first-order chi connectivity index (χ1) is 8.59. The molecule has 5 heteroatoms. The van der Waals surface area contributed by atoms with Crippen molar-refractivity contribution in [2.75, 3.05) is 5.32 Å². The molecule has 0 unspecified atom stereocenters. The molecule has 0 aliphatic heterocycles. The van der Waals surface area contributed by atoms with Gasteiger partial charge in [-0.2, -0.15) is 0 Å². The predicted octanol–water partition coefficient (Wildman–Crippen LogP) is 4.37. The van der Waals surface area contributed by atoms with E-state index in [1.807, 2.05) is 0 Å². The largest absolute Gasteiger partial charge is 0.378 e. The molecule has 2 aromatic rings. The summed E-state index contributed by atoms with van der Waals surface area (Å²) in [5.74, 6) is -2.48. The Morgan fingerprint density at radius 2 is 1.67 bits per heavy atom. The number of hydrogen-bond donors (Lipinski definition) is 1. The van der Waals surface area contributed by atoms with Crippen LogP contribution in [0, 0.1) is 17.5 Å². The number of rotatable bonds is 3. The van der Waals surface area contributed by atoms with E-state index in [0.717, 1.165) is 6.07 Å². The topological polar surface area (TPSA) is 12.0 Å². The third-order valence-electron chi connectivity index (χ3n) is 2.45. The van der Waals surface area contributed by atoms with E-state index in [9.17, 15) is 13.2 Å². The lowest BCUT2D eigenvalue weighted by molar-refractivity contribution is 0.500. The summed E-state index contributed by atoms with van der Waals surface area (Å²) in [5, 5.41) is 2.64. The molecular weight excluding hydrogens is 263 g/mol. The first-order valence-electron chi connectivity index (χ1n) is 5.20. The quantitative estimate of drug-likeness (QED) is 0.874. The first-order valence-corrected chi connectivity index (χ1v) is 5.58. The normalized spacial score (nSPS) is 10.4. The van der Waals surface area contributed by atoms with Crippen molar-refractivity contribution < 1.29 is 13.2 Å². The maximum atomic E-state index is 13.5. The predicted molar refractivity (Wildman–Crippen MR) is 65.1 cm³/mol. The molecule has 0 radical (unpaired) electrons. The fourth-order valence-electron chi connectivity index (χ4n) is 1.52. The Kier molecular flexibility index (Phi) is 3.77. The standard InChI is InChI=1S/C13H9ClF3N/c14-9-4-2-6-11(13(9)17)18-7-8-3-1-5-10(15)12(8)16/h1-6,18H,7H2. The Balaban J connectivity index is 2.17. The Morgan fingerprint density at radius 3 is 2.44 bits per heavy atom. The van der Waals surface area contributed by atoms with Crippen molar-refractivity contribution in [3.63, 3.8) is 0 Å². The van der Waals surface area contributed by atoms with Crippen LogP contribution in [0.1, 0.15) is 5.56 Å². The highest BCUT2D eigenvalue weighted by Crippen LogP contribution is 2.23. The van der Waals surface area contributed by atoms with Gasteiger partial charge < -0.3 is 5.32 Å². The van der Waals surface area contributed by atoms with E-state index in [1.54, 1.807) is 6.07 Å². The second kappa shape index (κ2) is 5.31. The molecule has 1 nitrogen and oxygen atoms in total. The number of benzene rings is 2. The second-order valence-corrected chi connectivity index (χ2v) is 4.08. The zero-order valence-electron chi connectivity index (χ0n) is 9.18. The third-order valence-corrected chi connectivity index (χ3v) is 2.74. The fourth-order valence-corrected chi connectivity index (χ4v) is 1.69. The summed E-state index contributed by atoms with van der Waals surface area (Å²) >= 11 is 5.60. The van der Waals surface area contributed by atoms with Gasteiger partial charge in [0.25, 0.3) is 0 Å². The van der Waals surface area contributed by atoms with E-state index in [4.69, 9.17) is 11.6 Å². The number of hydrogen-bond acceptors (Lipinski definition) is 1. The van der Waals surface area contributed by atoms with Crippen molar-refractivity contribution in [1.29, 1.82) is 0 Å². The minimum Gasteiger partial charge on any atom is -0.378 e. The van der Waals surface area contributed by atoms with Crippen LogP contribution >= 0.6 is 11.6 Å². The summed E-state index contributed by atoms with van der Waals surface area (Å²) in [4.78, 5) is 0. The van der Waals surface area contributed by atoms with Crippen LogP contribution in [-0.4, -0.2) is 0 Å². The molecule has 1 N–H and O–H groups in total. The van der Waals surface area contributed by atoms with Gasteiger partial charge >= 0.3 is 0 Å². The van der Waals surface area contributed by atoms with Crippen LogP contribution in [0.5, 0.6) is 0 Å². The van der Waals surface area contributed by atoms with Gasteiger partial charge in [-0.15, -0.1) is 0 Å². The Labute approximate surface area is 107 Å². The molecule has 0 saturated heterocycles. The maximum Gasteiger partial charge on any atom is 0.164 e. The summed E-state index contributed by atoms with van der Waals surface area (Å²) in [6.07, 6.45) is 0. The molecule has 0 spiro atoms. The molecule has 0 fully saturated rings. The SMILES string of the molecule is Fc1cccc(CNc2cccc(Cl)c2F)c1F. The van der Waals surface area contributed by atoms with Crippen LogP contribution in [0.4, 0.5) is 18.9 Å². The van der Waals surface area contributed by atoms with Crippen LogP contribution in [0.2, 0.25) is 5.02 Å². The van der Waals surface area contributed by atoms with Crippen LogP contribution in [-0.2, 0) is 6.54 Å². The highest BCUT2D eigenvalue weighted by atomic mass is 35.5. The van der Waals surface area contributed by atoms with Crippen molar-refractivity contribution in [2.24, 2.45) is 0 Å². The minimum atomic E-state index is -0.938. The lowest BCUT2D eigenvalue weighted by Crippen LogP contribution is -2.04. The Bertz CT molecular complexity index is 521. The second-order valence-electron chi connectivity index (χ2n) is 3.67. The van der Waals surface area contributed by atoms with E-state index < -0.39 is 17.5 Å². The van der Waals surface area contributed by atoms with Crippen LogP contribution in [0.3, 0.4) is 0 Å². The lowest BCUT2D eigenvalue weighted by atomic mass is 10.2. The van der Waals surface area contributed by atoms with Crippen LogP contribution < -0.4 is 5.32 Å². The monoisotopic (exact) mass is 271 g/mol. The van der Waals surface area contributed by atoms with Gasteiger partial charge in [0, 0.05) is 12.1 Å². The first kappa shape index (κ1) is 12.8. The molecule has 18 heavy (non-hydrogen) atoms. The van der Waals surface area contributed by atoms with Crippen LogP contribution in [0.15, 0.2) is 36.4 Å². The zero-order valence-corrected chi connectivity index (χ0v) is 9.94. The summed E-state index contributed by atoms with van der Waals surface area (Å²) in [6.45, 7) is -0.0269. The van der Waals surface area contributed by atoms with Crippen LogP contribution in [0.25, 0.3) is 0 Å². The smallest absolute Gasteiger partial charge is 0.164 e. The molecule has 0 bridgehead atoms. The molecule has 0 atom stereocenters. The van der Waals surface area contributed by atoms with E-state index in [-0.39, 0.29) is 22.8 Å². The average Bonchev–Trinajstić information content (AvgIpc) is 2.36. The molecule has 2 aromatic carbocycles. The van der Waals surface area contributed by atoms with E-state index >= 15 is 0 Å². The van der Waals surface area contributed by atoms with Gasteiger partial charge in [-0.05, 0) is 18.2 Å². The van der Waals surface area contributed by atoms with Crippen molar-refractivity contribution >= 4 is 17.3 Å². The fraction of sp³-hybridized carbons (Fsp3) is 0.0769. The Morgan fingerprint density at radius 1 is 0.944 bits per heavy atom. The molecule has 0 heterocycles. The van der Waals surface area contributed by atoms with Gasteiger partial charge in [0.1, 0.15) is 0 Å². The minimum absolute atomic E-state index is 0.0269. The van der Waals surface area contributed by atoms with Crippen molar-refractivity contribution in [3.8, 4) is 0 Å². The summed E-state index contributed by atoms with van der Waals surface area (Å²) in [7, 11) is 0. The number of anilines is 1. The van der Waals surface area contributed by atoms with E-state index in [1.165, 1.54) is 24.3 Å². The third kappa shape index (κ3) is 2.59. The lowest BCUT2D eigenvalue weighted by Gasteiger charge is -2.09. The molecule has 0 aromatic heterocycles. The molecule has 2 rings (SSSR count). The van der Waals surface area contributed by atoms with Crippen molar-refractivity contribution in [1.82, 2.24) is 0 Å². The van der Waals surface area contributed by atoms with Gasteiger partial charge in [-0.1, -0.05) is 29.8 Å². The van der Waals surface area contributed by atoms with Gasteiger partial charge in [0.15, 0.2) is 17.5 Å². The van der Waals surface area contributed by atoms with Crippen molar-refractivity contribution in [3.05, 3.63) is 64.4 Å². The molecule has 0 aliphatic rings. The zero-order chi connectivity index (χ0) is 13.1. The molecule has 0 aliphatic carbocycles. The van der Waals surface area contributed by atoms with Gasteiger partial charge in [0.2, 0.25) is 0 Å². The molecule has 94 valence electrons. The Hall–Kier alpha value is -1.68.